The molecule has 31 heavy (non-hydrogen) atoms. The second kappa shape index (κ2) is 9.96. The fourth-order valence-electron chi connectivity index (χ4n) is 3.53. The third-order valence-electron chi connectivity index (χ3n) is 5.44. The maximum atomic E-state index is 12.8. The Balaban J connectivity index is 1.74. The van der Waals surface area contributed by atoms with Gasteiger partial charge in [-0.05, 0) is 45.4 Å². The molecule has 0 radical (unpaired) electrons. The molecule has 0 spiro atoms. The standard InChI is InChI=1S/C24H30ClN5O/c1-6-7-15-29-24(25)21(17(2)26-29)13-14-23(31)28(5)16-22-18(3)27-30(19(22)4)20-11-9-8-10-12-20/h8-14H,6-7,15-16H2,1-5H3/b14-13+. The number of hydrogen-bond donors (Lipinski definition) is 0. The zero-order valence-electron chi connectivity index (χ0n) is 18.9. The normalized spacial score (nSPS) is 11.4. The van der Waals surface area contributed by atoms with Crippen LogP contribution in [0.1, 0.15) is 48.0 Å². The van der Waals surface area contributed by atoms with Crippen molar-refractivity contribution in [1.29, 1.82) is 0 Å². The topological polar surface area (TPSA) is 56.0 Å². The summed E-state index contributed by atoms with van der Waals surface area (Å²) in [5, 5.41) is 9.74. The van der Waals surface area contributed by atoms with E-state index in [1.165, 1.54) is 0 Å². The number of halogens is 1. The molecule has 0 saturated heterocycles. The van der Waals surface area contributed by atoms with E-state index in [0.717, 1.165) is 53.3 Å². The van der Waals surface area contributed by atoms with Crippen LogP contribution in [0.2, 0.25) is 5.15 Å². The number of likely N-dealkylation sites (N-methyl/N-ethyl adjacent to an activating group) is 1. The summed E-state index contributed by atoms with van der Waals surface area (Å²) in [4.78, 5) is 14.5. The lowest BCUT2D eigenvalue weighted by Gasteiger charge is -2.15. The Hall–Kier alpha value is -2.86. The van der Waals surface area contributed by atoms with Crippen LogP contribution in [0.25, 0.3) is 11.8 Å². The van der Waals surface area contributed by atoms with Crippen molar-refractivity contribution in [3.8, 4) is 5.69 Å². The van der Waals surface area contributed by atoms with Gasteiger partial charge in [-0.15, -0.1) is 0 Å². The number of hydrogen-bond acceptors (Lipinski definition) is 3. The van der Waals surface area contributed by atoms with Gasteiger partial charge in [0.2, 0.25) is 5.91 Å². The number of amides is 1. The van der Waals surface area contributed by atoms with Crippen LogP contribution in [-0.2, 0) is 17.9 Å². The molecule has 3 aromatic rings. The molecular formula is C24H30ClN5O. The molecule has 0 unspecified atom stereocenters. The number of benzene rings is 1. The molecule has 0 saturated carbocycles. The molecular weight excluding hydrogens is 410 g/mol. The maximum Gasteiger partial charge on any atom is 0.246 e. The number of rotatable bonds is 8. The van der Waals surface area contributed by atoms with E-state index in [4.69, 9.17) is 11.6 Å². The number of aromatic nitrogens is 4. The summed E-state index contributed by atoms with van der Waals surface area (Å²) >= 11 is 6.47. The van der Waals surface area contributed by atoms with Crippen LogP contribution in [-0.4, -0.2) is 37.4 Å². The highest BCUT2D eigenvalue weighted by molar-refractivity contribution is 6.31. The molecule has 0 fully saturated rings. The van der Waals surface area contributed by atoms with Gasteiger partial charge in [-0.1, -0.05) is 43.1 Å². The summed E-state index contributed by atoms with van der Waals surface area (Å²) in [6, 6.07) is 10.0. The number of carbonyl (C=O) groups is 1. The molecule has 6 nitrogen and oxygen atoms in total. The summed E-state index contributed by atoms with van der Waals surface area (Å²) < 4.78 is 3.73. The van der Waals surface area contributed by atoms with Gasteiger partial charge in [0.25, 0.3) is 0 Å². The van der Waals surface area contributed by atoms with Crippen LogP contribution in [0.3, 0.4) is 0 Å². The lowest BCUT2D eigenvalue weighted by atomic mass is 10.2. The van der Waals surface area contributed by atoms with E-state index in [0.29, 0.717) is 11.7 Å². The summed E-state index contributed by atoms with van der Waals surface area (Å²) in [5.41, 5.74) is 5.63. The molecule has 0 atom stereocenters. The maximum absolute atomic E-state index is 12.8. The van der Waals surface area contributed by atoms with Crippen LogP contribution in [0, 0.1) is 20.8 Å². The Labute approximate surface area is 189 Å². The Kier molecular flexibility index (Phi) is 7.33. The highest BCUT2D eigenvalue weighted by Crippen LogP contribution is 2.23. The van der Waals surface area contributed by atoms with Gasteiger partial charge in [0, 0.05) is 43.0 Å². The smallest absolute Gasteiger partial charge is 0.246 e. The first kappa shape index (κ1) is 22.8. The molecule has 164 valence electrons. The molecule has 0 aliphatic heterocycles. The first-order valence-electron chi connectivity index (χ1n) is 10.6. The number of unbranched alkanes of at least 4 members (excludes halogenated alkanes) is 1. The first-order chi connectivity index (χ1) is 14.8. The fraction of sp³-hybridized carbons (Fsp3) is 0.375. The minimum Gasteiger partial charge on any atom is -0.338 e. The van der Waals surface area contributed by atoms with Crippen molar-refractivity contribution in [1.82, 2.24) is 24.5 Å². The van der Waals surface area contributed by atoms with Crippen molar-refractivity contribution in [2.24, 2.45) is 0 Å². The Morgan fingerprint density at radius 1 is 1.13 bits per heavy atom. The Morgan fingerprint density at radius 2 is 1.84 bits per heavy atom. The van der Waals surface area contributed by atoms with Gasteiger partial charge in [-0.3, -0.25) is 9.48 Å². The lowest BCUT2D eigenvalue weighted by molar-refractivity contribution is -0.125. The quantitative estimate of drug-likeness (QED) is 0.458. The van der Waals surface area contributed by atoms with Crippen molar-refractivity contribution < 1.29 is 4.79 Å². The SMILES string of the molecule is CCCCn1nc(C)c(/C=C/C(=O)N(C)Cc2c(C)nn(-c3ccccc3)c2C)c1Cl. The highest BCUT2D eigenvalue weighted by Gasteiger charge is 2.17. The fourth-order valence-corrected chi connectivity index (χ4v) is 3.86. The van der Waals surface area contributed by atoms with Crippen LogP contribution in [0.15, 0.2) is 36.4 Å². The van der Waals surface area contributed by atoms with Gasteiger partial charge < -0.3 is 4.90 Å². The largest absolute Gasteiger partial charge is 0.338 e. The van der Waals surface area contributed by atoms with Gasteiger partial charge in [-0.25, -0.2) is 4.68 Å². The van der Waals surface area contributed by atoms with E-state index in [-0.39, 0.29) is 5.91 Å². The monoisotopic (exact) mass is 439 g/mol. The third-order valence-corrected chi connectivity index (χ3v) is 5.84. The van der Waals surface area contributed by atoms with Gasteiger partial charge in [0.05, 0.1) is 17.1 Å². The van der Waals surface area contributed by atoms with E-state index in [9.17, 15) is 4.79 Å². The summed E-state index contributed by atoms with van der Waals surface area (Å²) in [5.74, 6) is -0.0944. The molecule has 2 aromatic heterocycles. The molecule has 3 rings (SSSR count). The predicted octanol–water partition coefficient (Wildman–Crippen LogP) is 5.12. The van der Waals surface area contributed by atoms with Crippen LogP contribution >= 0.6 is 11.6 Å². The van der Waals surface area contributed by atoms with Crippen molar-refractivity contribution in [2.45, 2.75) is 53.6 Å². The van der Waals surface area contributed by atoms with Gasteiger partial charge >= 0.3 is 0 Å². The molecule has 2 heterocycles. The van der Waals surface area contributed by atoms with Crippen LogP contribution < -0.4 is 0 Å². The average Bonchev–Trinajstić information content (AvgIpc) is 3.20. The van der Waals surface area contributed by atoms with E-state index in [1.807, 2.05) is 55.8 Å². The molecule has 7 heteroatoms. The van der Waals surface area contributed by atoms with E-state index in [1.54, 1.807) is 28.8 Å². The summed E-state index contributed by atoms with van der Waals surface area (Å²) in [7, 11) is 1.80. The van der Waals surface area contributed by atoms with Crippen LogP contribution in [0.5, 0.6) is 0 Å². The molecule has 1 aromatic carbocycles. The number of carbonyl (C=O) groups excluding carboxylic acids is 1. The van der Waals surface area contributed by atoms with Gasteiger partial charge in [-0.2, -0.15) is 10.2 Å². The third kappa shape index (κ3) is 5.07. The predicted molar refractivity (Wildman–Crippen MR) is 125 cm³/mol. The number of para-hydroxylation sites is 1. The minimum absolute atomic E-state index is 0.0944. The average molecular weight is 440 g/mol. The zero-order valence-corrected chi connectivity index (χ0v) is 19.6. The molecule has 0 aliphatic carbocycles. The van der Waals surface area contributed by atoms with E-state index < -0.39 is 0 Å². The van der Waals surface area contributed by atoms with Crippen molar-refractivity contribution >= 4 is 23.6 Å². The lowest BCUT2D eigenvalue weighted by Crippen LogP contribution is -2.24. The van der Waals surface area contributed by atoms with E-state index >= 15 is 0 Å². The minimum atomic E-state index is -0.0944. The number of aryl methyl sites for hydroxylation is 3. The van der Waals surface area contributed by atoms with Crippen LogP contribution in [0.4, 0.5) is 0 Å². The summed E-state index contributed by atoms with van der Waals surface area (Å²) in [6.07, 6.45) is 5.41. The summed E-state index contributed by atoms with van der Waals surface area (Å²) in [6.45, 7) is 9.31. The Bertz CT molecular complexity index is 1080. The van der Waals surface area contributed by atoms with Gasteiger partial charge in [0.15, 0.2) is 0 Å². The Morgan fingerprint density at radius 3 is 2.52 bits per heavy atom. The number of nitrogens with zero attached hydrogens (tertiary/aromatic N) is 5. The zero-order chi connectivity index (χ0) is 22.5. The first-order valence-corrected chi connectivity index (χ1v) is 11.0. The van der Waals surface area contributed by atoms with Crippen molar-refractivity contribution in [2.75, 3.05) is 7.05 Å². The molecule has 0 N–H and O–H groups in total. The van der Waals surface area contributed by atoms with Crippen molar-refractivity contribution in [3.63, 3.8) is 0 Å². The second-order valence-corrected chi connectivity index (χ2v) is 8.15. The highest BCUT2D eigenvalue weighted by atomic mass is 35.5. The molecule has 1 amide bonds. The van der Waals surface area contributed by atoms with Crippen molar-refractivity contribution in [3.05, 3.63) is 69.8 Å². The van der Waals surface area contributed by atoms with Gasteiger partial charge in [0.1, 0.15) is 5.15 Å². The van der Waals surface area contributed by atoms with E-state index in [2.05, 4.69) is 17.1 Å². The molecule has 0 bridgehead atoms. The second-order valence-electron chi connectivity index (χ2n) is 7.79. The molecule has 0 aliphatic rings.